The maximum absolute atomic E-state index is 12.5. The van der Waals surface area contributed by atoms with Crippen LogP contribution >= 0.6 is 0 Å². The molecule has 2 heterocycles. The molecule has 37 heavy (non-hydrogen) atoms. The lowest BCUT2D eigenvalue weighted by molar-refractivity contribution is 0.0240. The molecule has 9 heteroatoms. The van der Waals surface area contributed by atoms with Gasteiger partial charge in [-0.3, -0.25) is 4.79 Å². The van der Waals surface area contributed by atoms with Gasteiger partial charge in [0.1, 0.15) is 5.60 Å². The molecule has 2 aromatic carbocycles. The zero-order valence-corrected chi connectivity index (χ0v) is 22.2. The molecule has 1 aliphatic heterocycles. The highest BCUT2D eigenvalue weighted by molar-refractivity contribution is 5.69. The molecule has 1 aliphatic rings. The second-order valence-electron chi connectivity index (χ2n) is 10.1. The van der Waals surface area contributed by atoms with Gasteiger partial charge in [-0.15, -0.1) is 0 Å². The summed E-state index contributed by atoms with van der Waals surface area (Å²) in [5.41, 5.74) is 3.04. The van der Waals surface area contributed by atoms with Crippen LogP contribution in [0.4, 0.5) is 22.1 Å². The van der Waals surface area contributed by atoms with Gasteiger partial charge < -0.3 is 29.2 Å². The maximum Gasteiger partial charge on any atom is 0.410 e. The third kappa shape index (κ3) is 6.61. The first-order valence-electron chi connectivity index (χ1n) is 12.4. The first kappa shape index (κ1) is 26.1. The summed E-state index contributed by atoms with van der Waals surface area (Å²) in [5.74, 6) is 0.625. The lowest BCUT2D eigenvalue weighted by Crippen LogP contribution is -2.50. The Morgan fingerprint density at radius 2 is 1.76 bits per heavy atom. The van der Waals surface area contributed by atoms with E-state index in [0.29, 0.717) is 38.7 Å². The summed E-state index contributed by atoms with van der Waals surface area (Å²) in [5, 5.41) is 3.37. The molecule has 0 aliphatic carbocycles. The van der Waals surface area contributed by atoms with Crippen molar-refractivity contribution in [3.05, 3.63) is 76.2 Å². The number of nitrogens with zero attached hydrogens (tertiary/aromatic N) is 4. The van der Waals surface area contributed by atoms with Gasteiger partial charge in [0, 0.05) is 37.6 Å². The lowest BCUT2D eigenvalue weighted by atomic mass is 10.1. The quantitative estimate of drug-likeness (QED) is 0.531. The van der Waals surface area contributed by atoms with Crippen LogP contribution in [0.5, 0.6) is 5.75 Å². The van der Waals surface area contributed by atoms with Crippen LogP contribution in [-0.4, -0.2) is 59.4 Å². The van der Waals surface area contributed by atoms with Crippen molar-refractivity contribution in [2.75, 3.05) is 43.5 Å². The summed E-state index contributed by atoms with van der Waals surface area (Å²) in [6.07, 6.45) is 1.40. The van der Waals surface area contributed by atoms with Crippen molar-refractivity contribution >= 4 is 23.4 Å². The molecular formula is C28H35N5O4. The zero-order valence-electron chi connectivity index (χ0n) is 22.2. The van der Waals surface area contributed by atoms with E-state index in [0.717, 1.165) is 22.5 Å². The van der Waals surface area contributed by atoms with E-state index < -0.39 is 11.2 Å². The smallest absolute Gasteiger partial charge is 0.410 e. The Labute approximate surface area is 217 Å². The summed E-state index contributed by atoms with van der Waals surface area (Å²) in [6, 6.07) is 16.1. The third-order valence-electron chi connectivity index (χ3n) is 6.14. The summed E-state index contributed by atoms with van der Waals surface area (Å²) in [6.45, 7) is 10.7. The van der Waals surface area contributed by atoms with Gasteiger partial charge in [-0.25, -0.2) is 4.79 Å². The van der Waals surface area contributed by atoms with Crippen molar-refractivity contribution in [1.82, 2.24) is 14.5 Å². The molecule has 4 rings (SSSR count). The number of nitrogens with one attached hydrogen (secondary N) is 1. The minimum Gasteiger partial charge on any atom is -0.490 e. The molecule has 0 radical (unpaired) electrons. The van der Waals surface area contributed by atoms with E-state index in [1.165, 1.54) is 7.11 Å². The van der Waals surface area contributed by atoms with E-state index in [2.05, 4.69) is 27.3 Å². The van der Waals surface area contributed by atoms with E-state index in [9.17, 15) is 9.59 Å². The minimum absolute atomic E-state index is 0.190. The van der Waals surface area contributed by atoms with E-state index in [1.54, 1.807) is 11.1 Å². The van der Waals surface area contributed by atoms with Gasteiger partial charge in [-0.05, 0) is 51.0 Å². The number of aryl methyl sites for hydroxylation is 1. The van der Waals surface area contributed by atoms with Gasteiger partial charge in [0.05, 0.1) is 19.9 Å². The molecule has 9 nitrogen and oxygen atoms in total. The van der Waals surface area contributed by atoms with Crippen molar-refractivity contribution in [3.8, 4) is 5.75 Å². The van der Waals surface area contributed by atoms with Crippen LogP contribution in [0.25, 0.3) is 0 Å². The average molecular weight is 506 g/mol. The Kier molecular flexibility index (Phi) is 7.71. The number of hydrogen-bond acceptors (Lipinski definition) is 7. The van der Waals surface area contributed by atoms with Crippen LogP contribution in [0, 0.1) is 6.92 Å². The molecule has 0 bridgehead atoms. The molecular weight excluding hydrogens is 470 g/mol. The normalized spacial score (nSPS) is 13.9. The fourth-order valence-corrected chi connectivity index (χ4v) is 4.15. The number of piperazine rings is 1. The highest BCUT2D eigenvalue weighted by atomic mass is 16.6. The molecule has 1 fully saturated rings. The topological polar surface area (TPSA) is 88.9 Å². The number of rotatable bonds is 6. The van der Waals surface area contributed by atoms with Crippen molar-refractivity contribution in [1.29, 1.82) is 0 Å². The van der Waals surface area contributed by atoms with Crippen LogP contribution in [0.1, 0.15) is 31.9 Å². The molecule has 1 amide bonds. The highest BCUT2D eigenvalue weighted by Crippen LogP contribution is 2.27. The molecule has 196 valence electrons. The predicted molar refractivity (Wildman–Crippen MR) is 145 cm³/mol. The molecule has 0 spiro atoms. The number of aromatic nitrogens is 2. The molecule has 1 saturated heterocycles. The number of carbonyl (C=O) groups is 1. The molecule has 0 unspecified atom stereocenters. The Bertz CT molecular complexity index is 1290. The average Bonchev–Trinajstić information content (AvgIpc) is 2.86. The van der Waals surface area contributed by atoms with Crippen molar-refractivity contribution in [3.63, 3.8) is 0 Å². The van der Waals surface area contributed by atoms with Crippen molar-refractivity contribution in [2.45, 2.75) is 39.8 Å². The van der Waals surface area contributed by atoms with Gasteiger partial charge in [0.25, 0.3) is 0 Å². The number of hydrogen-bond donors (Lipinski definition) is 1. The van der Waals surface area contributed by atoms with Crippen LogP contribution in [0.2, 0.25) is 0 Å². The first-order chi connectivity index (χ1) is 17.6. The monoisotopic (exact) mass is 505 g/mol. The first-order valence-corrected chi connectivity index (χ1v) is 12.4. The Morgan fingerprint density at radius 1 is 1.05 bits per heavy atom. The number of anilines is 3. The van der Waals surface area contributed by atoms with E-state index in [-0.39, 0.29) is 11.8 Å². The van der Waals surface area contributed by atoms with Crippen molar-refractivity contribution in [2.24, 2.45) is 0 Å². The van der Waals surface area contributed by atoms with Gasteiger partial charge in [0.15, 0.2) is 0 Å². The van der Waals surface area contributed by atoms with Gasteiger partial charge in [-0.2, -0.15) is 4.98 Å². The van der Waals surface area contributed by atoms with Crippen LogP contribution < -0.4 is 20.5 Å². The minimum atomic E-state index is -0.511. The van der Waals surface area contributed by atoms with Gasteiger partial charge >= 0.3 is 11.7 Å². The third-order valence-corrected chi connectivity index (χ3v) is 6.14. The summed E-state index contributed by atoms with van der Waals surface area (Å²) in [4.78, 5) is 33.2. The Morgan fingerprint density at radius 3 is 2.41 bits per heavy atom. The van der Waals surface area contributed by atoms with Crippen LogP contribution in [0.3, 0.4) is 0 Å². The fourth-order valence-electron chi connectivity index (χ4n) is 4.15. The summed E-state index contributed by atoms with van der Waals surface area (Å²) >= 11 is 0. The SMILES string of the molecule is COc1cn(Cc2ccccc2)c(Nc2cc(N3CCN(C(=O)OC(C)(C)C)CC3)ccc2C)nc1=O. The standard InChI is InChI=1S/C28H35N5O4/c1-20-11-12-22(31-13-15-32(16-14-31)27(35)37-28(2,3)4)17-23(20)29-26-30-25(34)24(36-5)19-33(26)18-21-9-7-6-8-10-21/h6-12,17,19H,13-16,18H2,1-5H3,(H,29,30,34). The number of amides is 1. The largest absolute Gasteiger partial charge is 0.490 e. The number of carbonyl (C=O) groups excluding carboxylic acids is 1. The second kappa shape index (κ2) is 10.9. The number of ether oxygens (including phenoxy) is 2. The van der Waals surface area contributed by atoms with Crippen LogP contribution in [-0.2, 0) is 11.3 Å². The Balaban J connectivity index is 1.53. The molecule has 1 aromatic heterocycles. The maximum atomic E-state index is 12.5. The molecule has 0 saturated carbocycles. The summed E-state index contributed by atoms with van der Waals surface area (Å²) < 4.78 is 12.6. The molecule has 0 atom stereocenters. The van der Waals surface area contributed by atoms with E-state index >= 15 is 0 Å². The summed E-state index contributed by atoms with van der Waals surface area (Å²) in [7, 11) is 1.47. The Hall–Kier alpha value is -4.01. The predicted octanol–water partition coefficient (Wildman–Crippen LogP) is 4.41. The highest BCUT2D eigenvalue weighted by Gasteiger charge is 2.26. The zero-order chi connectivity index (χ0) is 26.6. The number of benzene rings is 2. The van der Waals surface area contributed by atoms with Crippen molar-refractivity contribution < 1.29 is 14.3 Å². The second-order valence-corrected chi connectivity index (χ2v) is 10.1. The van der Waals surface area contributed by atoms with E-state index in [1.807, 2.05) is 68.7 Å². The molecule has 1 N–H and O–H groups in total. The van der Waals surface area contributed by atoms with E-state index in [4.69, 9.17) is 9.47 Å². The van der Waals surface area contributed by atoms with Crippen LogP contribution in [0.15, 0.2) is 59.5 Å². The number of methoxy groups -OCH3 is 1. The van der Waals surface area contributed by atoms with Gasteiger partial charge in [0.2, 0.25) is 11.7 Å². The molecule has 3 aromatic rings. The lowest BCUT2D eigenvalue weighted by Gasteiger charge is -2.37. The fraction of sp³-hybridized carbons (Fsp3) is 0.393. The van der Waals surface area contributed by atoms with Gasteiger partial charge in [-0.1, -0.05) is 36.4 Å².